The lowest BCUT2D eigenvalue weighted by atomic mass is 10.0. The summed E-state index contributed by atoms with van der Waals surface area (Å²) in [7, 11) is 0. The molecule has 3 rings (SSSR count). The lowest BCUT2D eigenvalue weighted by Crippen LogP contribution is -2.15. The molecule has 1 unspecified atom stereocenters. The van der Waals surface area contributed by atoms with Gasteiger partial charge in [0.1, 0.15) is 17.6 Å². The van der Waals surface area contributed by atoms with E-state index in [2.05, 4.69) is 0 Å². The van der Waals surface area contributed by atoms with Crippen LogP contribution in [0.2, 0.25) is 0 Å². The SMILES string of the molecule is [2H][13c]1[13c]([2H])[13c]([2H])[13c](Oc2cccc(C(C#N)OC(=O)C3C(C)(C)C3(C)C)c2)[13c]([2H])[13c]1[2H]. The first kappa shape index (κ1) is 12.5. The number of carbonyl (C=O) groups is 1. The van der Waals surface area contributed by atoms with Crippen LogP contribution >= 0.6 is 0 Å². The number of esters is 1. The molecule has 2 aromatic rings. The van der Waals surface area contributed by atoms with Gasteiger partial charge in [-0.25, -0.2) is 0 Å². The molecule has 1 aliphatic carbocycles. The molecular weight excluding hydrogens is 332 g/mol. The molecule has 1 saturated carbocycles. The van der Waals surface area contributed by atoms with Crippen LogP contribution in [0.1, 0.15) is 46.2 Å². The van der Waals surface area contributed by atoms with Crippen molar-refractivity contribution in [1.29, 1.82) is 5.26 Å². The van der Waals surface area contributed by atoms with Crippen molar-refractivity contribution in [2.24, 2.45) is 16.7 Å². The van der Waals surface area contributed by atoms with Crippen molar-refractivity contribution in [3.63, 3.8) is 0 Å². The number of ether oxygens (including phenoxy) is 2. The van der Waals surface area contributed by atoms with E-state index in [9.17, 15) is 10.1 Å². The molecule has 0 radical (unpaired) electrons. The summed E-state index contributed by atoms with van der Waals surface area (Å²) in [6, 6.07) is 5.63. The monoisotopic (exact) mass is 360 g/mol. The molecular formula is C22H23NO3. The highest BCUT2D eigenvalue weighted by molar-refractivity contribution is 5.79. The van der Waals surface area contributed by atoms with Crippen molar-refractivity contribution in [2.75, 3.05) is 0 Å². The molecule has 134 valence electrons. The third-order valence-corrected chi connectivity index (χ3v) is 5.47. The molecule has 1 atom stereocenters. The van der Waals surface area contributed by atoms with Gasteiger partial charge in [0.2, 0.25) is 6.10 Å². The summed E-state index contributed by atoms with van der Waals surface area (Å²) in [6.45, 7) is 7.92. The molecule has 4 nitrogen and oxygen atoms in total. The summed E-state index contributed by atoms with van der Waals surface area (Å²) in [4.78, 5) is 12.6. The Kier molecular flexibility index (Phi) is 3.13. The first-order chi connectivity index (χ1) is 14.3. The van der Waals surface area contributed by atoms with Crippen molar-refractivity contribution in [2.45, 2.75) is 33.8 Å². The number of carbonyl (C=O) groups excluding carboxylic acids is 1. The van der Waals surface area contributed by atoms with E-state index in [1.807, 2.05) is 33.8 Å². The van der Waals surface area contributed by atoms with Crippen LogP contribution in [0.5, 0.6) is 11.5 Å². The molecule has 1 fully saturated rings. The van der Waals surface area contributed by atoms with Crippen molar-refractivity contribution in [3.05, 3.63) is 60.0 Å². The minimum absolute atomic E-state index is 0.152. The summed E-state index contributed by atoms with van der Waals surface area (Å²) in [6.07, 6.45) is -1.16. The minimum atomic E-state index is -1.16. The maximum atomic E-state index is 12.6. The van der Waals surface area contributed by atoms with E-state index in [4.69, 9.17) is 16.3 Å². The van der Waals surface area contributed by atoms with E-state index in [-0.39, 0.29) is 28.2 Å². The highest BCUT2D eigenvalue weighted by atomic mass is 16.6. The fraction of sp³-hybridized carbons (Fsp3) is 0.364. The second kappa shape index (κ2) is 6.49. The van der Waals surface area contributed by atoms with Gasteiger partial charge < -0.3 is 9.47 Å². The Morgan fingerprint density at radius 3 is 2.38 bits per heavy atom. The lowest BCUT2D eigenvalue weighted by Gasteiger charge is -2.14. The van der Waals surface area contributed by atoms with Crippen molar-refractivity contribution in [1.82, 2.24) is 0 Å². The number of hydrogen-bond acceptors (Lipinski definition) is 4. The third-order valence-electron chi connectivity index (χ3n) is 5.47. The molecule has 0 amide bonds. The molecule has 4 heteroatoms. The van der Waals surface area contributed by atoms with Gasteiger partial charge in [0, 0.05) is 5.56 Å². The summed E-state index contributed by atoms with van der Waals surface area (Å²) in [5.41, 5.74) is -0.0940. The van der Waals surface area contributed by atoms with Gasteiger partial charge in [0.15, 0.2) is 0 Å². The average Bonchev–Trinajstić information content (AvgIpc) is 3.14. The zero-order chi connectivity index (χ0) is 23.3. The Labute approximate surface area is 161 Å². The maximum Gasteiger partial charge on any atom is 0.311 e. The number of nitriles is 1. The second-order valence-electron chi connectivity index (χ2n) is 7.45. The van der Waals surface area contributed by atoms with Gasteiger partial charge in [-0.3, -0.25) is 4.79 Å². The maximum absolute atomic E-state index is 12.6. The predicted molar refractivity (Wildman–Crippen MR) is 98.5 cm³/mol. The van der Waals surface area contributed by atoms with Crippen molar-refractivity contribution in [3.8, 4) is 17.6 Å². The summed E-state index contributed by atoms with van der Waals surface area (Å²) < 4.78 is 50.1. The highest BCUT2D eigenvalue weighted by Gasteiger charge is 2.69. The van der Waals surface area contributed by atoms with Gasteiger partial charge in [0.05, 0.1) is 12.8 Å². The van der Waals surface area contributed by atoms with E-state index in [0.29, 0.717) is 5.56 Å². The Morgan fingerprint density at radius 1 is 1.15 bits per heavy atom. The Bertz CT molecular complexity index is 1060. The van der Waals surface area contributed by atoms with Gasteiger partial charge in [-0.1, -0.05) is 58.0 Å². The molecule has 0 spiro atoms. The molecule has 26 heavy (non-hydrogen) atoms. The fourth-order valence-corrected chi connectivity index (χ4v) is 3.29. The standard InChI is InChI=1S/C22H23NO3/c1-21(2)19(22(21,3)4)20(24)26-18(14-23)15-9-8-12-17(13-15)25-16-10-6-5-7-11-16/h5-13,18-19H,1-4H3/i5+1D,6+1D,7+1D,10+1D,11+1D,16+1. The van der Waals surface area contributed by atoms with Crippen molar-refractivity contribution >= 4 is 5.97 Å². The lowest BCUT2D eigenvalue weighted by molar-refractivity contribution is -0.150. The van der Waals surface area contributed by atoms with Crippen LogP contribution in [-0.4, -0.2) is 5.97 Å². The second-order valence-corrected chi connectivity index (χ2v) is 7.45. The Hall–Kier alpha value is -2.80. The van der Waals surface area contributed by atoms with E-state index in [1.165, 1.54) is 12.1 Å². The van der Waals surface area contributed by atoms with Crippen LogP contribution in [0, 0.1) is 28.1 Å². The Balaban J connectivity index is 1.85. The third kappa shape index (κ3) is 3.17. The zero-order valence-corrected chi connectivity index (χ0v) is 15.1. The van der Waals surface area contributed by atoms with E-state index in [0.717, 1.165) is 0 Å². The van der Waals surface area contributed by atoms with Crippen LogP contribution in [0.4, 0.5) is 0 Å². The topological polar surface area (TPSA) is 59.3 Å². The highest BCUT2D eigenvalue weighted by Crippen LogP contribution is 2.68. The van der Waals surface area contributed by atoms with Crippen LogP contribution in [-0.2, 0) is 9.53 Å². The number of hydrogen-bond donors (Lipinski definition) is 0. The average molecular weight is 360 g/mol. The molecule has 0 saturated heterocycles. The van der Waals surface area contributed by atoms with Crippen LogP contribution < -0.4 is 4.74 Å². The summed E-state index contributed by atoms with van der Waals surface area (Å²) in [5.74, 6) is -0.936. The normalized spacial score (nSPS) is 21.1. The quantitative estimate of drug-likeness (QED) is 0.682. The molecule has 0 heterocycles. The van der Waals surface area contributed by atoms with Gasteiger partial charge in [-0.2, -0.15) is 5.26 Å². The predicted octanol–water partition coefficient (Wildman–Crippen LogP) is 5.27. The molecule has 0 N–H and O–H groups in total. The first-order valence-corrected chi connectivity index (χ1v) is 8.29. The number of nitrogens with zero attached hydrogens (tertiary/aromatic N) is 1. The zero-order valence-electron chi connectivity index (χ0n) is 20.1. The smallest absolute Gasteiger partial charge is 0.311 e. The summed E-state index contributed by atoms with van der Waals surface area (Å²) in [5, 5.41) is 9.56. The first-order valence-electron chi connectivity index (χ1n) is 10.8. The number of benzene rings is 2. The summed E-state index contributed by atoms with van der Waals surface area (Å²) >= 11 is 0. The van der Waals surface area contributed by atoms with Gasteiger partial charge in [-0.15, -0.1) is 0 Å². The molecule has 0 aliphatic heterocycles. The number of para-hydroxylation sites is 1. The van der Waals surface area contributed by atoms with E-state index in [1.54, 1.807) is 12.1 Å². The van der Waals surface area contributed by atoms with E-state index >= 15 is 0 Å². The largest absolute Gasteiger partial charge is 0.457 e. The van der Waals surface area contributed by atoms with Crippen LogP contribution in [0.15, 0.2) is 54.5 Å². The molecule has 0 aromatic heterocycles. The van der Waals surface area contributed by atoms with Crippen LogP contribution in [0.3, 0.4) is 0 Å². The van der Waals surface area contributed by atoms with Gasteiger partial charge in [0.25, 0.3) is 0 Å². The van der Waals surface area contributed by atoms with Gasteiger partial charge in [-0.05, 0) is 35.0 Å². The molecule has 2 aromatic carbocycles. The number of rotatable bonds is 5. The van der Waals surface area contributed by atoms with Crippen molar-refractivity contribution < 1.29 is 21.1 Å². The van der Waals surface area contributed by atoms with Crippen LogP contribution in [0.25, 0.3) is 0 Å². The minimum Gasteiger partial charge on any atom is -0.457 e. The van der Waals surface area contributed by atoms with Gasteiger partial charge >= 0.3 is 5.97 Å². The Morgan fingerprint density at radius 2 is 1.81 bits per heavy atom. The molecule has 1 aliphatic rings. The molecule has 0 bridgehead atoms. The fourth-order valence-electron chi connectivity index (χ4n) is 3.29. The van der Waals surface area contributed by atoms with E-state index < -0.39 is 42.3 Å².